The van der Waals surface area contributed by atoms with Gasteiger partial charge in [-0.2, -0.15) is 0 Å². The summed E-state index contributed by atoms with van der Waals surface area (Å²) in [6.07, 6.45) is 3.72. The molecule has 0 bridgehead atoms. The van der Waals surface area contributed by atoms with Crippen LogP contribution in [0.15, 0.2) is 24.3 Å². The highest BCUT2D eigenvalue weighted by Crippen LogP contribution is 2.37. The standard InChI is InChI=1S/C16H24N2/c1-2-12-3-5-13(6-4-12)9-18-10-14-7-8-16(17)15(14)11-18/h3-6,14-16H,2,7-11,17H2,1H3. The summed E-state index contributed by atoms with van der Waals surface area (Å²) in [6, 6.07) is 9.55. The van der Waals surface area contributed by atoms with Crippen LogP contribution in [-0.4, -0.2) is 24.0 Å². The van der Waals surface area contributed by atoms with Crippen LogP contribution in [0.4, 0.5) is 0 Å². The summed E-state index contributed by atoms with van der Waals surface area (Å²) in [6.45, 7) is 5.77. The Morgan fingerprint density at radius 3 is 2.50 bits per heavy atom. The Kier molecular flexibility index (Phi) is 3.40. The molecule has 0 spiro atoms. The molecule has 2 aliphatic rings. The van der Waals surface area contributed by atoms with Crippen LogP contribution in [0.25, 0.3) is 0 Å². The second-order valence-corrected chi connectivity index (χ2v) is 6.03. The molecule has 1 aliphatic carbocycles. The minimum Gasteiger partial charge on any atom is -0.327 e. The molecule has 1 heterocycles. The van der Waals surface area contributed by atoms with Gasteiger partial charge >= 0.3 is 0 Å². The predicted molar refractivity (Wildman–Crippen MR) is 75.3 cm³/mol. The Bertz CT molecular complexity index is 398. The van der Waals surface area contributed by atoms with E-state index in [2.05, 4.69) is 36.1 Å². The lowest BCUT2D eigenvalue weighted by Crippen LogP contribution is -2.30. The highest BCUT2D eigenvalue weighted by molar-refractivity contribution is 5.22. The van der Waals surface area contributed by atoms with Crippen LogP contribution in [0.3, 0.4) is 0 Å². The van der Waals surface area contributed by atoms with Crippen LogP contribution in [0.2, 0.25) is 0 Å². The molecule has 2 N–H and O–H groups in total. The van der Waals surface area contributed by atoms with Gasteiger partial charge in [-0.15, -0.1) is 0 Å². The molecule has 18 heavy (non-hydrogen) atoms. The maximum absolute atomic E-state index is 6.19. The number of likely N-dealkylation sites (tertiary alicyclic amines) is 1. The zero-order chi connectivity index (χ0) is 12.5. The van der Waals surface area contributed by atoms with Gasteiger partial charge in [-0.25, -0.2) is 0 Å². The Hall–Kier alpha value is -0.860. The normalized spacial score (nSPS) is 31.8. The van der Waals surface area contributed by atoms with E-state index in [9.17, 15) is 0 Å². The van der Waals surface area contributed by atoms with E-state index in [1.807, 2.05) is 0 Å². The Balaban J connectivity index is 1.60. The minimum absolute atomic E-state index is 0.461. The maximum Gasteiger partial charge on any atom is 0.0233 e. The largest absolute Gasteiger partial charge is 0.327 e. The topological polar surface area (TPSA) is 29.3 Å². The van der Waals surface area contributed by atoms with Crippen molar-refractivity contribution >= 4 is 0 Å². The van der Waals surface area contributed by atoms with Crippen molar-refractivity contribution in [3.63, 3.8) is 0 Å². The lowest BCUT2D eigenvalue weighted by atomic mass is 9.98. The molecule has 1 aliphatic heterocycles. The van der Waals surface area contributed by atoms with Crippen molar-refractivity contribution in [2.45, 2.75) is 38.8 Å². The molecule has 98 valence electrons. The Morgan fingerprint density at radius 2 is 1.83 bits per heavy atom. The zero-order valence-corrected chi connectivity index (χ0v) is 11.3. The fraction of sp³-hybridized carbons (Fsp3) is 0.625. The number of rotatable bonds is 3. The van der Waals surface area contributed by atoms with Gasteiger partial charge in [0.15, 0.2) is 0 Å². The van der Waals surface area contributed by atoms with Crippen LogP contribution < -0.4 is 5.73 Å². The third-order valence-electron chi connectivity index (χ3n) is 4.83. The molecular formula is C16H24N2. The lowest BCUT2D eigenvalue weighted by Gasteiger charge is -2.18. The van der Waals surface area contributed by atoms with Crippen molar-refractivity contribution in [2.75, 3.05) is 13.1 Å². The molecule has 1 saturated carbocycles. The molecule has 1 saturated heterocycles. The molecular weight excluding hydrogens is 220 g/mol. The minimum atomic E-state index is 0.461. The van der Waals surface area contributed by atoms with Crippen molar-refractivity contribution in [2.24, 2.45) is 17.6 Å². The number of aryl methyl sites for hydroxylation is 1. The van der Waals surface area contributed by atoms with Gasteiger partial charge in [-0.3, -0.25) is 4.90 Å². The average molecular weight is 244 g/mol. The summed E-state index contributed by atoms with van der Waals surface area (Å²) in [7, 11) is 0. The molecule has 3 rings (SSSR count). The summed E-state index contributed by atoms with van der Waals surface area (Å²) in [5.74, 6) is 1.63. The first-order valence-corrected chi connectivity index (χ1v) is 7.32. The number of hydrogen-bond donors (Lipinski definition) is 1. The van der Waals surface area contributed by atoms with Crippen molar-refractivity contribution in [1.29, 1.82) is 0 Å². The van der Waals surface area contributed by atoms with E-state index in [1.54, 1.807) is 0 Å². The second-order valence-electron chi connectivity index (χ2n) is 6.03. The summed E-state index contributed by atoms with van der Waals surface area (Å²) in [5, 5.41) is 0. The van der Waals surface area contributed by atoms with E-state index in [0.717, 1.165) is 24.8 Å². The molecule has 0 aromatic heterocycles. The van der Waals surface area contributed by atoms with Gasteiger partial charge in [0.25, 0.3) is 0 Å². The smallest absolute Gasteiger partial charge is 0.0233 e. The van der Waals surface area contributed by atoms with E-state index in [4.69, 9.17) is 5.73 Å². The van der Waals surface area contributed by atoms with Crippen LogP contribution >= 0.6 is 0 Å². The van der Waals surface area contributed by atoms with E-state index in [0.29, 0.717) is 6.04 Å². The second kappa shape index (κ2) is 5.02. The number of benzene rings is 1. The first-order valence-electron chi connectivity index (χ1n) is 7.32. The SMILES string of the molecule is CCc1ccc(CN2CC3CCC(N)C3C2)cc1. The van der Waals surface area contributed by atoms with Gasteiger partial charge in [0.2, 0.25) is 0 Å². The van der Waals surface area contributed by atoms with Crippen molar-refractivity contribution in [3.05, 3.63) is 35.4 Å². The van der Waals surface area contributed by atoms with E-state index >= 15 is 0 Å². The number of hydrogen-bond acceptors (Lipinski definition) is 2. The summed E-state index contributed by atoms with van der Waals surface area (Å²) < 4.78 is 0. The van der Waals surface area contributed by atoms with E-state index < -0.39 is 0 Å². The van der Waals surface area contributed by atoms with Crippen LogP contribution in [0, 0.1) is 11.8 Å². The first kappa shape index (κ1) is 12.2. The maximum atomic E-state index is 6.19. The molecule has 2 fully saturated rings. The summed E-state index contributed by atoms with van der Waals surface area (Å²) in [4.78, 5) is 2.59. The first-order chi connectivity index (χ1) is 8.76. The molecule has 2 heteroatoms. The third kappa shape index (κ3) is 2.32. The number of nitrogens with two attached hydrogens (primary N) is 1. The third-order valence-corrected chi connectivity index (χ3v) is 4.83. The number of nitrogens with zero attached hydrogens (tertiary/aromatic N) is 1. The molecule has 3 atom stereocenters. The molecule has 3 unspecified atom stereocenters. The van der Waals surface area contributed by atoms with Crippen LogP contribution in [0.5, 0.6) is 0 Å². The van der Waals surface area contributed by atoms with Gasteiger partial charge in [0.05, 0.1) is 0 Å². The van der Waals surface area contributed by atoms with Crippen molar-refractivity contribution < 1.29 is 0 Å². The average Bonchev–Trinajstić information content (AvgIpc) is 2.93. The van der Waals surface area contributed by atoms with Crippen LogP contribution in [-0.2, 0) is 13.0 Å². The summed E-state index contributed by atoms with van der Waals surface area (Å²) in [5.41, 5.74) is 9.06. The fourth-order valence-electron chi connectivity index (χ4n) is 3.67. The van der Waals surface area contributed by atoms with Crippen molar-refractivity contribution in [1.82, 2.24) is 4.90 Å². The van der Waals surface area contributed by atoms with Gasteiger partial charge in [-0.1, -0.05) is 31.2 Å². The number of fused-ring (bicyclic) bond motifs is 1. The van der Waals surface area contributed by atoms with Gasteiger partial charge in [0, 0.05) is 25.7 Å². The molecule has 0 radical (unpaired) electrons. The van der Waals surface area contributed by atoms with Gasteiger partial charge in [-0.05, 0) is 42.2 Å². The molecule has 2 nitrogen and oxygen atoms in total. The Labute approximate surface area is 110 Å². The quantitative estimate of drug-likeness (QED) is 0.885. The molecule has 1 aromatic rings. The molecule has 1 aromatic carbocycles. The predicted octanol–water partition coefficient (Wildman–Crippen LogP) is 2.42. The Morgan fingerprint density at radius 1 is 1.11 bits per heavy atom. The lowest BCUT2D eigenvalue weighted by molar-refractivity contribution is 0.298. The van der Waals surface area contributed by atoms with Gasteiger partial charge < -0.3 is 5.73 Å². The highest BCUT2D eigenvalue weighted by Gasteiger charge is 2.40. The van der Waals surface area contributed by atoms with Gasteiger partial charge in [0.1, 0.15) is 0 Å². The summed E-state index contributed by atoms with van der Waals surface area (Å²) >= 11 is 0. The van der Waals surface area contributed by atoms with E-state index in [1.165, 1.54) is 37.1 Å². The highest BCUT2D eigenvalue weighted by atomic mass is 15.2. The monoisotopic (exact) mass is 244 g/mol. The molecule has 0 amide bonds. The van der Waals surface area contributed by atoms with Crippen LogP contribution in [0.1, 0.15) is 30.9 Å². The zero-order valence-electron chi connectivity index (χ0n) is 11.3. The van der Waals surface area contributed by atoms with Crippen molar-refractivity contribution in [3.8, 4) is 0 Å². The van der Waals surface area contributed by atoms with E-state index in [-0.39, 0.29) is 0 Å². The fourth-order valence-corrected chi connectivity index (χ4v) is 3.67.